The van der Waals surface area contributed by atoms with Crippen molar-refractivity contribution in [3.8, 4) is 0 Å². The molecule has 3 aromatic carbocycles. The lowest BCUT2D eigenvalue weighted by Gasteiger charge is -2.25. The number of hydrogen-bond acceptors (Lipinski definition) is 4. The molecule has 1 atom stereocenters. The van der Waals surface area contributed by atoms with Crippen LogP contribution in [0.5, 0.6) is 0 Å². The van der Waals surface area contributed by atoms with Crippen LogP contribution in [-0.4, -0.2) is 46.9 Å². The van der Waals surface area contributed by atoms with Crippen LogP contribution in [0.4, 0.5) is 5.69 Å². The molecule has 0 spiro atoms. The molecule has 0 saturated heterocycles. The van der Waals surface area contributed by atoms with Gasteiger partial charge in [0.15, 0.2) is 0 Å². The van der Waals surface area contributed by atoms with E-state index in [1.54, 1.807) is 24.3 Å². The summed E-state index contributed by atoms with van der Waals surface area (Å²) in [6, 6.07) is 22.7. The molecule has 0 aromatic heterocycles. The van der Waals surface area contributed by atoms with Gasteiger partial charge in [0, 0.05) is 13.6 Å². The van der Waals surface area contributed by atoms with Crippen LogP contribution in [0.2, 0.25) is 5.02 Å². The predicted molar refractivity (Wildman–Crippen MR) is 129 cm³/mol. The van der Waals surface area contributed by atoms with Gasteiger partial charge in [0.25, 0.3) is 15.9 Å². The molecule has 0 unspecified atom stereocenters. The van der Waals surface area contributed by atoms with Crippen molar-refractivity contribution in [1.29, 1.82) is 0 Å². The Morgan fingerprint density at radius 3 is 2.12 bits per heavy atom. The number of benzene rings is 3. The first kappa shape index (κ1) is 23.8. The Labute approximate surface area is 194 Å². The molecule has 8 heteroatoms. The molecule has 0 fully saturated rings. The van der Waals surface area contributed by atoms with Crippen LogP contribution in [0, 0.1) is 0 Å². The summed E-state index contributed by atoms with van der Waals surface area (Å²) in [5, 5.41) is 3.07. The minimum absolute atomic E-state index is 0.00868. The van der Waals surface area contributed by atoms with E-state index >= 15 is 0 Å². The molecule has 0 aliphatic rings. The molecule has 0 radical (unpaired) electrons. The predicted octanol–water partition coefficient (Wildman–Crippen LogP) is 4.20. The fourth-order valence-corrected chi connectivity index (χ4v) is 4.76. The number of sulfonamides is 1. The molecule has 3 aromatic rings. The standard InChI is InChI=1S/C24H26ClN3O3S/c1-27(2)23(18-10-6-4-7-11-18)17-26-24(29)21-16-20(14-15-22(21)25)32(30,31)28(3)19-12-8-5-9-13-19/h4-16,23H,17H2,1-3H3,(H,26,29)/t23-/m1/s1. The Balaban J connectivity index is 1.83. The molecule has 0 saturated carbocycles. The lowest BCUT2D eigenvalue weighted by atomic mass is 10.1. The SMILES string of the molecule is CN(C)[C@H](CNC(=O)c1cc(S(=O)(=O)N(C)c2ccccc2)ccc1Cl)c1ccccc1. The third-order valence-corrected chi connectivity index (χ3v) is 7.34. The summed E-state index contributed by atoms with van der Waals surface area (Å²) >= 11 is 6.25. The van der Waals surface area contributed by atoms with Crippen LogP contribution in [0.15, 0.2) is 83.8 Å². The Kier molecular flexibility index (Phi) is 7.56. The van der Waals surface area contributed by atoms with E-state index in [0.717, 1.165) is 5.56 Å². The monoisotopic (exact) mass is 471 g/mol. The molecule has 32 heavy (non-hydrogen) atoms. The number of nitrogens with zero attached hydrogens (tertiary/aromatic N) is 2. The first-order chi connectivity index (χ1) is 15.2. The van der Waals surface area contributed by atoms with E-state index < -0.39 is 15.9 Å². The average molecular weight is 472 g/mol. The minimum Gasteiger partial charge on any atom is -0.350 e. The number of hydrogen-bond donors (Lipinski definition) is 1. The molecule has 168 valence electrons. The van der Waals surface area contributed by atoms with Gasteiger partial charge in [-0.05, 0) is 50.0 Å². The number of anilines is 1. The van der Waals surface area contributed by atoms with Crippen molar-refractivity contribution in [2.75, 3.05) is 32.0 Å². The molecular weight excluding hydrogens is 446 g/mol. The normalized spacial score (nSPS) is 12.4. The van der Waals surface area contributed by atoms with Crippen molar-refractivity contribution in [3.63, 3.8) is 0 Å². The smallest absolute Gasteiger partial charge is 0.264 e. The van der Waals surface area contributed by atoms with Crippen molar-refractivity contribution in [2.24, 2.45) is 0 Å². The average Bonchev–Trinajstić information content (AvgIpc) is 2.79. The zero-order chi connectivity index (χ0) is 23.3. The number of carbonyl (C=O) groups is 1. The Bertz CT molecular complexity index is 1170. The fraction of sp³-hybridized carbons (Fsp3) is 0.208. The highest BCUT2D eigenvalue weighted by Gasteiger charge is 2.24. The van der Waals surface area contributed by atoms with E-state index in [9.17, 15) is 13.2 Å². The van der Waals surface area contributed by atoms with E-state index in [0.29, 0.717) is 12.2 Å². The zero-order valence-corrected chi connectivity index (χ0v) is 19.8. The van der Waals surface area contributed by atoms with Crippen LogP contribution in [0.3, 0.4) is 0 Å². The largest absolute Gasteiger partial charge is 0.350 e. The maximum Gasteiger partial charge on any atom is 0.264 e. The van der Waals surface area contributed by atoms with Crippen LogP contribution < -0.4 is 9.62 Å². The molecule has 0 aliphatic carbocycles. The van der Waals surface area contributed by atoms with E-state index in [2.05, 4.69) is 5.32 Å². The summed E-state index contributed by atoms with van der Waals surface area (Å²) in [5.41, 5.74) is 1.69. The van der Waals surface area contributed by atoms with E-state index in [-0.39, 0.29) is 21.5 Å². The highest BCUT2D eigenvalue weighted by Crippen LogP contribution is 2.26. The van der Waals surface area contributed by atoms with Crippen molar-refractivity contribution in [2.45, 2.75) is 10.9 Å². The van der Waals surface area contributed by atoms with Crippen molar-refractivity contribution in [3.05, 3.63) is 95.0 Å². The van der Waals surface area contributed by atoms with Crippen LogP contribution in [-0.2, 0) is 10.0 Å². The van der Waals surface area contributed by atoms with Gasteiger partial charge in [-0.1, -0.05) is 60.1 Å². The second-order valence-electron chi connectivity index (χ2n) is 7.55. The fourth-order valence-electron chi connectivity index (χ4n) is 3.33. The van der Waals surface area contributed by atoms with Gasteiger partial charge in [0.05, 0.1) is 27.2 Å². The quantitative estimate of drug-likeness (QED) is 0.534. The minimum atomic E-state index is -3.87. The molecular formula is C24H26ClN3O3S. The molecule has 3 rings (SSSR count). The number of nitrogens with one attached hydrogen (secondary N) is 1. The third-order valence-electron chi connectivity index (χ3n) is 5.22. The summed E-state index contributed by atoms with van der Waals surface area (Å²) in [4.78, 5) is 14.9. The molecule has 0 bridgehead atoms. The first-order valence-corrected chi connectivity index (χ1v) is 11.9. The van der Waals surface area contributed by atoms with Crippen LogP contribution >= 0.6 is 11.6 Å². The maximum atomic E-state index is 13.1. The Morgan fingerprint density at radius 1 is 0.938 bits per heavy atom. The van der Waals surface area contributed by atoms with Gasteiger partial charge in [-0.3, -0.25) is 9.10 Å². The first-order valence-electron chi connectivity index (χ1n) is 10.0. The van der Waals surface area contributed by atoms with Gasteiger partial charge in [0.1, 0.15) is 0 Å². The number of likely N-dealkylation sites (N-methyl/N-ethyl adjacent to an activating group) is 1. The molecule has 0 heterocycles. The summed E-state index contributed by atoms with van der Waals surface area (Å²) in [6.45, 7) is 0.340. The van der Waals surface area contributed by atoms with Crippen molar-refractivity contribution < 1.29 is 13.2 Å². The van der Waals surface area contributed by atoms with Crippen molar-refractivity contribution in [1.82, 2.24) is 10.2 Å². The van der Waals surface area contributed by atoms with Gasteiger partial charge < -0.3 is 10.2 Å². The van der Waals surface area contributed by atoms with Crippen molar-refractivity contribution >= 4 is 33.2 Å². The Morgan fingerprint density at radius 2 is 1.53 bits per heavy atom. The third kappa shape index (κ3) is 5.30. The molecule has 6 nitrogen and oxygen atoms in total. The molecule has 1 amide bonds. The second-order valence-corrected chi connectivity index (χ2v) is 9.93. The van der Waals surface area contributed by atoms with E-state index in [4.69, 9.17) is 11.6 Å². The van der Waals surface area contributed by atoms with Gasteiger partial charge in [-0.25, -0.2) is 8.42 Å². The second kappa shape index (κ2) is 10.2. The van der Waals surface area contributed by atoms with Gasteiger partial charge >= 0.3 is 0 Å². The van der Waals surface area contributed by atoms with Gasteiger partial charge in [-0.15, -0.1) is 0 Å². The van der Waals surface area contributed by atoms with E-state index in [1.165, 1.54) is 29.6 Å². The summed E-state index contributed by atoms with van der Waals surface area (Å²) in [7, 11) is 1.47. The van der Waals surface area contributed by atoms with E-state index in [1.807, 2.05) is 55.4 Å². The number of para-hydroxylation sites is 1. The highest BCUT2D eigenvalue weighted by molar-refractivity contribution is 7.92. The Hall–Kier alpha value is -2.87. The number of amides is 1. The molecule has 1 N–H and O–H groups in total. The zero-order valence-electron chi connectivity index (χ0n) is 18.2. The summed E-state index contributed by atoms with van der Waals surface area (Å²) in [5.74, 6) is -0.433. The number of carbonyl (C=O) groups excluding carboxylic acids is 1. The summed E-state index contributed by atoms with van der Waals surface area (Å²) < 4.78 is 27.4. The topological polar surface area (TPSA) is 69.7 Å². The highest BCUT2D eigenvalue weighted by atomic mass is 35.5. The lowest BCUT2D eigenvalue weighted by Crippen LogP contribution is -2.34. The number of rotatable bonds is 8. The van der Waals surface area contributed by atoms with Crippen LogP contribution in [0.1, 0.15) is 22.0 Å². The van der Waals surface area contributed by atoms with Crippen LogP contribution in [0.25, 0.3) is 0 Å². The van der Waals surface area contributed by atoms with Gasteiger partial charge in [0.2, 0.25) is 0 Å². The maximum absolute atomic E-state index is 13.1. The number of halogens is 1. The lowest BCUT2D eigenvalue weighted by molar-refractivity contribution is 0.0942. The summed E-state index contributed by atoms with van der Waals surface area (Å²) in [6.07, 6.45) is 0. The molecule has 0 aliphatic heterocycles. The van der Waals surface area contributed by atoms with Gasteiger partial charge in [-0.2, -0.15) is 0 Å².